The topological polar surface area (TPSA) is 57.8 Å². The largest absolute Gasteiger partial charge is 0.347 e. The van der Waals surface area contributed by atoms with Crippen LogP contribution >= 0.6 is 27.5 Å². The Bertz CT molecular complexity index is 528. The summed E-state index contributed by atoms with van der Waals surface area (Å²) in [5.41, 5.74) is 0.543. The molecular weight excluding hydrogens is 305 g/mol. The average Bonchev–Trinajstić information content (AvgIpc) is 2.78. The van der Waals surface area contributed by atoms with E-state index in [2.05, 4.69) is 31.2 Å². The molecule has 1 heterocycles. The van der Waals surface area contributed by atoms with Crippen LogP contribution in [-0.4, -0.2) is 15.9 Å². The molecule has 0 spiro atoms. The highest BCUT2D eigenvalue weighted by Crippen LogP contribution is 2.21. The number of rotatable bonds is 3. The minimum Gasteiger partial charge on any atom is -0.347 e. The fourth-order valence-corrected chi connectivity index (χ4v) is 2.19. The second-order valence-electron chi connectivity index (χ2n) is 3.34. The minimum absolute atomic E-state index is 0.176. The van der Waals surface area contributed by atoms with Crippen molar-refractivity contribution in [1.29, 1.82) is 0 Å². The molecule has 0 atom stereocenters. The van der Waals surface area contributed by atoms with E-state index >= 15 is 0 Å². The van der Waals surface area contributed by atoms with Gasteiger partial charge in [-0.3, -0.25) is 4.79 Å². The van der Waals surface area contributed by atoms with Gasteiger partial charge in [0.05, 0.1) is 12.1 Å². The minimum atomic E-state index is -0.176. The van der Waals surface area contributed by atoms with Gasteiger partial charge in [-0.2, -0.15) is 0 Å². The molecule has 88 valence electrons. The lowest BCUT2D eigenvalue weighted by Crippen LogP contribution is -2.23. The second kappa shape index (κ2) is 5.33. The lowest BCUT2D eigenvalue weighted by atomic mass is 10.2. The van der Waals surface area contributed by atoms with Crippen LogP contribution in [0.3, 0.4) is 0 Å². The lowest BCUT2D eigenvalue weighted by molar-refractivity contribution is 0.0949. The van der Waals surface area contributed by atoms with Gasteiger partial charge in [0.25, 0.3) is 5.91 Å². The zero-order valence-electron chi connectivity index (χ0n) is 8.71. The summed E-state index contributed by atoms with van der Waals surface area (Å²) in [6, 6.07) is 5.03. The molecule has 2 aromatic rings. The Balaban J connectivity index is 2.04. The molecule has 17 heavy (non-hydrogen) atoms. The number of nitrogens with one attached hydrogen (secondary N) is 2. The predicted molar refractivity (Wildman–Crippen MR) is 68.9 cm³/mol. The molecule has 0 saturated carbocycles. The highest BCUT2D eigenvalue weighted by Gasteiger charge is 2.10. The van der Waals surface area contributed by atoms with Gasteiger partial charge in [0.15, 0.2) is 0 Å². The number of nitrogens with zero attached hydrogens (tertiary/aromatic N) is 1. The van der Waals surface area contributed by atoms with Crippen molar-refractivity contribution in [1.82, 2.24) is 15.3 Å². The normalized spacial score (nSPS) is 10.2. The molecule has 0 radical (unpaired) electrons. The summed E-state index contributed by atoms with van der Waals surface area (Å²) in [4.78, 5) is 18.8. The first-order valence-corrected chi connectivity index (χ1v) is 6.05. The Kier molecular flexibility index (Phi) is 3.81. The third-order valence-corrected chi connectivity index (χ3v) is 3.04. The van der Waals surface area contributed by atoms with Gasteiger partial charge in [-0.25, -0.2) is 4.98 Å². The Morgan fingerprint density at radius 1 is 1.53 bits per heavy atom. The molecule has 2 N–H and O–H groups in total. The van der Waals surface area contributed by atoms with Crippen LogP contribution in [0.1, 0.15) is 16.2 Å². The van der Waals surface area contributed by atoms with Crippen LogP contribution in [0.2, 0.25) is 5.02 Å². The molecule has 0 aliphatic carbocycles. The van der Waals surface area contributed by atoms with Gasteiger partial charge in [0, 0.05) is 21.9 Å². The second-order valence-corrected chi connectivity index (χ2v) is 4.63. The highest BCUT2D eigenvalue weighted by molar-refractivity contribution is 9.10. The van der Waals surface area contributed by atoms with E-state index in [1.165, 1.54) is 0 Å². The van der Waals surface area contributed by atoms with E-state index in [0.29, 0.717) is 27.4 Å². The number of imidazole rings is 1. The maximum Gasteiger partial charge on any atom is 0.252 e. The average molecular weight is 315 g/mol. The van der Waals surface area contributed by atoms with E-state index in [0.717, 1.165) is 0 Å². The van der Waals surface area contributed by atoms with Gasteiger partial charge in [0.2, 0.25) is 0 Å². The molecule has 0 bridgehead atoms. The van der Waals surface area contributed by atoms with E-state index in [9.17, 15) is 4.79 Å². The fourth-order valence-electron chi connectivity index (χ4n) is 1.33. The van der Waals surface area contributed by atoms with Crippen LogP contribution in [0.5, 0.6) is 0 Å². The number of amides is 1. The molecule has 0 aliphatic heterocycles. The van der Waals surface area contributed by atoms with Crippen LogP contribution in [0.4, 0.5) is 0 Å². The highest BCUT2D eigenvalue weighted by atomic mass is 79.9. The standard InChI is InChI=1S/C11H9BrClN3O/c12-9-5-7(13)1-2-8(9)11(17)16-6-10-14-3-4-15-10/h1-5H,6H2,(H,14,15)(H,16,17). The van der Waals surface area contributed by atoms with Crippen LogP contribution < -0.4 is 5.32 Å². The molecule has 6 heteroatoms. The van der Waals surface area contributed by atoms with E-state index in [1.54, 1.807) is 30.6 Å². The molecule has 0 unspecified atom stereocenters. The van der Waals surface area contributed by atoms with Crippen molar-refractivity contribution in [3.8, 4) is 0 Å². The predicted octanol–water partition coefficient (Wildman–Crippen LogP) is 2.76. The van der Waals surface area contributed by atoms with Crippen molar-refractivity contribution in [2.45, 2.75) is 6.54 Å². The number of halogens is 2. The van der Waals surface area contributed by atoms with Gasteiger partial charge in [-0.05, 0) is 34.1 Å². The number of aromatic nitrogens is 2. The Morgan fingerprint density at radius 3 is 3.00 bits per heavy atom. The zero-order valence-corrected chi connectivity index (χ0v) is 11.0. The smallest absolute Gasteiger partial charge is 0.252 e. The van der Waals surface area contributed by atoms with Gasteiger partial charge >= 0.3 is 0 Å². The van der Waals surface area contributed by atoms with Crippen molar-refractivity contribution in [2.24, 2.45) is 0 Å². The summed E-state index contributed by atoms with van der Waals surface area (Å²) < 4.78 is 0.668. The van der Waals surface area contributed by atoms with Crippen molar-refractivity contribution in [3.05, 3.63) is 51.5 Å². The van der Waals surface area contributed by atoms with Gasteiger partial charge < -0.3 is 10.3 Å². The summed E-state index contributed by atoms with van der Waals surface area (Å²) >= 11 is 9.10. The van der Waals surface area contributed by atoms with Gasteiger partial charge in [0.1, 0.15) is 5.82 Å². The van der Waals surface area contributed by atoms with E-state index in [1.807, 2.05) is 0 Å². The summed E-state index contributed by atoms with van der Waals surface area (Å²) in [6.45, 7) is 0.362. The summed E-state index contributed by atoms with van der Waals surface area (Å²) in [5.74, 6) is 0.536. The number of carbonyl (C=O) groups is 1. The Morgan fingerprint density at radius 2 is 2.35 bits per heavy atom. The van der Waals surface area contributed by atoms with Crippen LogP contribution in [0.25, 0.3) is 0 Å². The molecule has 0 aliphatic rings. The third-order valence-electron chi connectivity index (χ3n) is 2.15. The molecule has 0 fully saturated rings. The SMILES string of the molecule is O=C(NCc1ncc[nH]1)c1ccc(Cl)cc1Br. The number of hydrogen-bond acceptors (Lipinski definition) is 2. The van der Waals surface area contributed by atoms with Crippen molar-refractivity contribution < 1.29 is 4.79 Å². The molecule has 1 aromatic heterocycles. The first kappa shape index (κ1) is 12.1. The monoisotopic (exact) mass is 313 g/mol. The van der Waals surface area contributed by atoms with Crippen molar-refractivity contribution in [2.75, 3.05) is 0 Å². The lowest BCUT2D eigenvalue weighted by Gasteiger charge is -2.05. The first-order valence-electron chi connectivity index (χ1n) is 4.88. The number of H-pyrrole nitrogens is 1. The molecule has 0 saturated heterocycles. The first-order chi connectivity index (χ1) is 8.16. The number of hydrogen-bond donors (Lipinski definition) is 2. The zero-order chi connectivity index (χ0) is 12.3. The maximum atomic E-state index is 11.8. The molecule has 2 rings (SSSR count). The van der Waals surface area contributed by atoms with E-state index in [4.69, 9.17) is 11.6 Å². The number of benzene rings is 1. The summed E-state index contributed by atoms with van der Waals surface area (Å²) in [7, 11) is 0. The van der Waals surface area contributed by atoms with Crippen LogP contribution in [0, 0.1) is 0 Å². The molecular formula is C11H9BrClN3O. The molecule has 1 aromatic carbocycles. The number of aromatic amines is 1. The fraction of sp³-hybridized carbons (Fsp3) is 0.0909. The molecule has 4 nitrogen and oxygen atoms in total. The van der Waals surface area contributed by atoms with Gasteiger partial charge in [-0.15, -0.1) is 0 Å². The Labute approximate surface area is 112 Å². The van der Waals surface area contributed by atoms with E-state index < -0.39 is 0 Å². The van der Waals surface area contributed by atoms with E-state index in [-0.39, 0.29) is 5.91 Å². The summed E-state index contributed by atoms with van der Waals surface area (Å²) in [6.07, 6.45) is 3.35. The number of carbonyl (C=O) groups excluding carboxylic acids is 1. The Hall–Kier alpha value is -1.33. The van der Waals surface area contributed by atoms with Crippen molar-refractivity contribution >= 4 is 33.4 Å². The summed E-state index contributed by atoms with van der Waals surface area (Å²) in [5, 5.41) is 3.34. The molecule has 1 amide bonds. The van der Waals surface area contributed by atoms with Crippen LogP contribution in [-0.2, 0) is 6.54 Å². The quantitative estimate of drug-likeness (QED) is 0.915. The maximum absolute atomic E-state index is 11.8. The third kappa shape index (κ3) is 3.08. The van der Waals surface area contributed by atoms with Crippen molar-refractivity contribution in [3.63, 3.8) is 0 Å². The van der Waals surface area contributed by atoms with Crippen LogP contribution in [0.15, 0.2) is 35.1 Å². The van der Waals surface area contributed by atoms with Gasteiger partial charge in [-0.1, -0.05) is 11.6 Å².